The van der Waals surface area contributed by atoms with E-state index in [0.717, 1.165) is 45.3 Å². The van der Waals surface area contributed by atoms with Crippen molar-refractivity contribution in [3.8, 4) is 0 Å². The molecule has 1 unspecified atom stereocenters. The summed E-state index contributed by atoms with van der Waals surface area (Å²) < 4.78 is 11.6. The Morgan fingerprint density at radius 1 is 1.17 bits per heavy atom. The van der Waals surface area contributed by atoms with Gasteiger partial charge in [-0.2, -0.15) is 0 Å². The number of carbonyl (C=O) groups excluding carboxylic acids is 1. The summed E-state index contributed by atoms with van der Waals surface area (Å²) in [6.07, 6.45) is 8.10. The molecule has 0 aliphatic carbocycles. The van der Waals surface area contributed by atoms with Gasteiger partial charge in [0.05, 0.1) is 18.0 Å². The molecule has 5 heteroatoms. The van der Waals surface area contributed by atoms with Gasteiger partial charge in [0.1, 0.15) is 0 Å². The first kappa shape index (κ1) is 19.9. The molecule has 154 valence electrons. The summed E-state index contributed by atoms with van der Waals surface area (Å²) in [6, 6.07) is 13.9. The number of nitrogens with one attached hydrogen (secondary N) is 1. The maximum Gasteiger partial charge on any atom is 0.287 e. The van der Waals surface area contributed by atoms with E-state index in [1.54, 1.807) is 12.1 Å². The fraction of sp³-hybridized carbons (Fsp3) is 0.458. The predicted molar refractivity (Wildman–Crippen MR) is 114 cm³/mol. The Bertz CT molecular complexity index is 821. The number of furan rings is 1. The molecule has 4 rings (SSSR count). The lowest BCUT2D eigenvalue weighted by atomic mass is 9.88. The van der Waals surface area contributed by atoms with Gasteiger partial charge in [-0.05, 0) is 50.3 Å². The van der Waals surface area contributed by atoms with Gasteiger partial charge in [0.2, 0.25) is 0 Å². The molecule has 1 atom stereocenters. The SMILES string of the molecule is CC(=Cc1ccccc1)CN1CCC2(CCC(CNC(=O)c3ccco3)O2)CC1. The zero-order valence-corrected chi connectivity index (χ0v) is 17.1. The van der Waals surface area contributed by atoms with Gasteiger partial charge in [-0.25, -0.2) is 0 Å². The van der Waals surface area contributed by atoms with Crippen molar-refractivity contribution < 1.29 is 13.9 Å². The van der Waals surface area contributed by atoms with E-state index >= 15 is 0 Å². The average Bonchev–Trinajstić information content (AvgIpc) is 3.40. The smallest absolute Gasteiger partial charge is 0.287 e. The number of rotatable bonds is 6. The molecule has 2 aromatic rings. The number of benzene rings is 1. The summed E-state index contributed by atoms with van der Waals surface area (Å²) in [6.45, 7) is 5.88. The molecule has 0 radical (unpaired) electrons. The van der Waals surface area contributed by atoms with Crippen LogP contribution in [0.3, 0.4) is 0 Å². The van der Waals surface area contributed by atoms with Crippen LogP contribution >= 0.6 is 0 Å². The molecule has 2 fully saturated rings. The highest BCUT2D eigenvalue weighted by molar-refractivity contribution is 5.91. The minimum atomic E-state index is -0.171. The Hall–Kier alpha value is -2.37. The van der Waals surface area contributed by atoms with Gasteiger partial charge in [-0.3, -0.25) is 9.69 Å². The molecule has 2 saturated heterocycles. The van der Waals surface area contributed by atoms with Gasteiger partial charge in [-0.1, -0.05) is 42.0 Å². The Labute approximate surface area is 172 Å². The van der Waals surface area contributed by atoms with E-state index in [4.69, 9.17) is 9.15 Å². The molecule has 1 aromatic carbocycles. The summed E-state index contributed by atoms with van der Waals surface area (Å²) in [5.74, 6) is 0.181. The lowest BCUT2D eigenvalue weighted by molar-refractivity contribution is -0.0743. The Morgan fingerprint density at radius 2 is 1.97 bits per heavy atom. The van der Waals surface area contributed by atoms with Crippen molar-refractivity contribution >= 4 is 12.0 Å². The van der Waals surface area contributed by atoms with Gasteiger partial charge in [-0.15, -0.1) is 0 Å². The molecule has 1 N–H and O–H groups in total. The molecule has 5 nitrogen and oxygen atoms in total. The van der Waals surface area contributed by atoms with Crippen LogP contribution in [0.1, 0.15) is 48.7 Å². The van der Waals surface area contributed by atoms with Crippen molar-refractivity contribution in [3.63, 3.8) is 0 Å². The Kier molecular flexibility index (Phi) is 6.16. The quantitative estimate of drug-likeness (QED) is 0.801. The normalized spacial score (nSPS) is 22.1. The molecule has 1 spiro atoms. The fourth-order valence-corrected chi connectivity index (χ4v) is 4.46. The summed E-state index contributed by atoms with van der Waals surface area (Å²) in [5, 5.41) is 2.93. The number of hydrogen-bond acceptors (Lipinski definition) is 4. The molecule has 2 aliphatic rings. The molecular formula is C24H30N2O3. The maximum absolute atomic E-state index is 12.0. The number of nitrogens with zero attached hydrogens (tertiary/aromatic N) is 1. The van der Waals surface area contributed by atoms with Crippen LogP contribution in [0.2, 0.25) is 0 Å². The predicted octanol–water partition coefficient (Wildman–Crippen LogP) is 4.13. The summed E-state index contributed by atoms with van der Waals surface area (Å²) in [7, 11) is 0. The number of piperidine rings is 1. The number of amides is 1. The highest BCUT2D eigenvalue weighted by Gasteiger charge is 2.42. The zero-order chi connectivity index (χ0) is 20.1. The molecule has 0 bridgehead atoms. The number of hydrogen-bond donors (Lipinski definition) is 1. The topological polar surface area (TPSA) is 54.7 Å². The molecule has 2 aliphatic heterocycles. The first-order valence-corrected chi connectivity index (χ1v) is 10.6. The van der Waals surface area contributed by atoms with Crippen LogP contribution in [0.5, 0.6) is 0 Å². The second kappa shape index (κ2) is 8.97. The highest BCUT2D eigenvalue weighted by atomic mass is 16.5. The van der Waals surface area contributed by atoms with Gasteiger partial charge in [0, 0.05) is 26.2 Å². The van der Waals surface area contributed by atoms with E-state index < -0.39 is 0 Å². The average molecular weight is 395 g/mol. The van der Waals surface area contributed by atoms with E-state index in [-0.39, 0.29) is 17.6 Å². The molecule has 29 heavy (non-hydrogen) atoms. The van der Waals surface area contributed by atoms with E-state index in [2.05, 4.69) is 47.5 Å². The summed E-state index contributed by atoms with van der Waals surface area (Å²) >= 11 is 0. The third-order valence-corrected chi connectivity index (χ3v) is 6.03. The zero-order valence-electron chi connectivity index (χ0n) is 17.1. The second-order valence-electron chi connectivity index (χ2n) is 8.33. The molecule has 1 aromatic heterocycles. The number of ether oxygens (including phenoxy) is 1. The minimum absolute atomic E-state index is 0.00632. The standard InChI is InChI=1S/C24H30N2O3/c1-19(16-20-6-3-2-4-7-20)18-26-13-11-24(12-14-26)10-9-21(29-24)17-25-23(27)22-8-5-15-28-22/h2-8,15-16,21H,9-14,17-18H2,1H3,(H,25,27). The highest BCUT2D eigenvalue weighted by Crippen LogP contribution is 2.38. The van der Waals surface area contributed by atoms with Crippen molar-refractivity contribution in [1.29, 1.82) is 0 Å². The third-order valence-electron chi connectivity index (χ3n) is 6.03. The van der Waals surface area contributed by atoms with Gasteiger partial charge in [0.15, 0.2) is 5.76 Å². The Balaban J connectivity index is 1.22. The van der Waals surface area contributed by atoms with Crippen LogP contribution in [0.15, 0.2) is 58.7 Å². The van der Waals surface area contributed by atoms with E-state index in [1.165, 1.54) is 17.4 Å². The first-order chi connectivity index (χ1) is 14.1. The third kappa shape index (κ3) is 5.17. The van der Waals surface area contributed by atoms with Crippen molar-refractivity contribution in [2.75, 3.05) is 26.2 Å². The molecule has 1 amide bonds. The van der Waals surface area contributed by atoms with Crippen molar-refractivity contribution in [1.82, 2.24) is 10.2 Å². The minimum Gasteiger partial charge on any atom is -0.459 e. The van der Waals surface area contributed by atoms with Crippen molar-refractivity contribution in [2.24, 2.45) is 0 Å². The molecule has 3 heterocycles. The van der Waals surface area contributed by atoms with E-state index in [1.807, 2.05) is 6.07 Å². The molecule has 0 saturated carbocycles. The van der Waals surface area contributed by atoms with E-state index in [9.17, 15) is 4.79 Å². The largest absolute Gasteiger partial charge is 0.459 e. The van der Waals surface area contributed by atoms with Gasteiger partial charge in [0.25, 0.3) is 5.91 Å². The molecular weight excluding hydrogens is 364 g/mol. The second-order valence-corrected chi connectivity index (χ2v) is 8.33. The lowest BCUT2D eigenvalue weighted by Gasteiger charge is -2.39. The maximum atomic E-state index is 12.0. The number of carbonyl (C=O) groups is 1. The van der Waals surface area contributed by atoms with Crippen molar-refractivity contribution in [2.45, 2.75) is 44.3 Å². The summed E-state index contributed by atoms with van der Waals surface area (Å²) in [4.78, 5) is 14.6. The van der Waals surface area contributed by atoms with Crippen LogP contribution in [-0.2, 0) is 4.74 Å². The van der Waals surface area contributed by atoms with Crippen LogP contribution in [0.25, 0.3) is 6.08 Å². The fourth-order valence-electron chi connectivity index (χ4n) is 4.46. The van der Waals surface area contributed by atoms with Gasteiger partial charge >= 0.3 is 0 Å². The van der Waals surface area contributed by atoms with Crippen LogP contribution in [0, 0.1) is 0 Å². The van der Waals surface area contributed by atoms with Crippen LogP contribution in [-0.4, -0.2) is 48.7 Å². The Morgan fingerprint density at radius 3 is 2.69 bits per heavy atom. The van der Waals surface area contributed by atoms with Gasteiger partial charge < -0.3 is 14.5 Å². The number of likely N-dealkylation sites (tertiary alicyclic amines) is 1. The van der Waals surface area contributed by atoms with Crippen LogP contribution < -0.4 is 5.32 Å². The monoisotopic (exact) mass is 394 g/mol. The van der Waals surface area contributed by atoms with Crippen LogP contribution in [0.4, 0.5) is 0 Å². The lowest BCUT2D eigenvalue weighted by Crippen LogP contribution is -2.45. The first-order valence-electron chi connectivity index (χ1n) is 10.6. The van der Waals surface area contributed by atoms with Crippen molar-refractivity contribution in [3.05, 3.63) is 65.6 Å². The summed E-state index contributed by atoms with van der Waals surface area (Å²) in [5.41, 5.74) is 2.64. The van der Waals surface area contributed by atoms with E-state index in [0.29, 0.717) is 12.3 Å².